The smallest absolute Gasteiger partial charge is 0.230 e. The van der Waals surface area contributed by atoms with Gasteiger partial charge >= 0.3 is 0 Å². The molecule has 102 valence electrons. The molecule has 0 aromatic carbocycles. The molecular formula is C13H21ClN2OS. The summed E-state index contributed by atoms with van der Waals surface area (Å²) < 4.78 is 0. The lowest BCUT2D eigenvalue weighted by Crippen LogP contribution is -2.45. The maximum absolute atomic E-state index is 12.4. The van der Waals surface area contributed by atoms with Crippen LogP contribution in [-0.2, 0) is 4.79 Å². The molecule has 0 saturated carbocycles. The summed E-state index contributed by atoms with van der Waals surface area (Å²) in [6.07, 6.45) is 2.14. The van der Waals surface area contributed by atoms with E-state index in [-0.39, 0.29) is 24.2 Å². The van der Waals surface area contributed by atoms with Gasteiger partial charge in [-0.2, -0.15) is 0 Å². The second-order valence-corrected chi connectivity index (χ2v) is 5.65. The summed E-state index contributed by atoms with van der Waals surface area (Å²) >= 11 is 1.66. The molecule has 1 aromatic heterocycles. The van der Waals surface area contributed by atoms with Crippen molar-refractivity contribution in [1.29, 1.82) is 0 Å². The summed E-state index contributed by atoms with van der Waals surface area (Å²) in [7, 11) is 1.95. The van der Waals surface area contributed by atoms with Crippen molar-refractivity contribution in [2.75, 3.05) is 20.1 Å². The minimum absolute atomic E-state index is 0. The summed E-state index contributed by atoms with van der Waals surface area (Å²) in [5.41, 5.74) is 0. The Morgan fingerprint density at radius 1 is 1.50 bits per heavy atom. The van der Waals surface area contributed by atoms with Gasteiger partial charge in [-0.25, -0.2) is 0 Å². The maximum Gasteiger partial charge on any atom is 0.230 e. The van der Waals surface area contributed by atoms with E-state index < -0.39 is 0 Å². The van der Waals surface area contributed by atoms with Crippen molar-refractivity contribution in [2.45, 2.75) is 31.7 Å². The number of piperidine rings is 1. The molecule has 5 heteroatoms. The van der Waals surface area contributed by atoms with Crippen LogP contribution in [0.1, 0.15) is 30.6 Å². The third-order valence-corrected chi connectivity index (χ3v) is 4.60. The molecule has 0 aliphatic carbocycles. The standard InChI is InChI=1S/C13H20N2OS.ClH/c1-10(12-4-3-9-17-12)13(16)15(2)11-5-7-14-8-6-11;/h3-4,9-11,14H,5-8H2,1-2H3;1H. The fraction of sp³-hybridized carbons (Fsp3) is 0.615. The number of carbonyl (C=O) groups is 1. The molecule has 0 spiro atoms. The lowest BCUT2D eigenvalue weighted by atomic mass is 10.0. The van der Waals surface area contributed by atoms with Crippen molar-refractivity contribution >= 4 is 29.7 Å². The van der Waals surface area contributed by atoms with Crippen LogP contribution in [0.4, 0.5) is 0 Å². The Hall–Kier alpha value is -0.580. The summed E-state index contributed by atoms with van der Waals surface area (Å²) in [5.74, 6) is 0.245. The Morgan fingerprint density at radius 2 is 2.17 bits per heavy atom. The first-order chi connectivity index (χ1) is 8.20. The Balaban J connectivity index is 0.00000162. The van der Waals surface area contributed by atoms with Gasteiger partial charge in [0.05, 0.1) is 5.92 Å². The van der Waals surface area contributed by atoms with Crippen molar-refractivity contribution in [1.82, 2.24) is 10.2 Å². The lowest BCUT2D eigenvalue weighted by Gasteiger charge is -2.33. The largest absolute Gasteiger partial charge is 0.342 e. The Labute approximate surface area is 119 Å². The Bertz CT molecular complexity index is 363. The van der Waals surface area contributed by atoms with Gasteiger partial charge in [0.15, 0.2) is 0 Å². The van der Waals surface area contributed by atoms with E-state index in [4.69, 9.17) is 0 Å². The molecule has 0 bridgehead atoms. The van der Waals surface area contributed by atoms with Gasteiger partial charge in [-0.05, 0) is 44.3 Å². The number of hydrogen-bond donors (Lipinski definition) is 1. The molecule has 1 amide bonds. The van der Waals surface area contributed by atoms with Crippen molar-refractivity contribution in [3.63, 3.8) is 0 Å². The molecule has 1 atom stereocenters. The topological polar surface area (TPSA) is 32.3 Å². The second-order valence-electron chi connectivity index (χ2n) is 4.67. The lowest BCUT2D eigenvalue weighted by molar-refractivity contribution is -0.133. The van der Waals surface area contributed by atoms with Crippen molar-refractivity contribution in [2.24, 2.45) is 0 Å². The maximum atomic E-state index is 12.4. The van der Waals surface area contributed by atoms with E-state index in [1.807, 2.05) is 36.4 Å². The number of amides is 1. The quantitative estimate of drug-likeness (QED) is 0.927. The van der Waals surface area contributed by atoms with Crippen LogP contribution in [0.15, 0.2) is 17.5 Å². The number of rotatable bonds is 3. The fourth-order valence-electron chi connectivity index (χ4n) is 2.34. The number of likely N-dealkylation sites (N-methyl/N-ethyl adjacent to an activating group) is 1. The van der Waals surface area contributed by atoms with Crippen LogP contribution in [0.25, 0.3) is 0 Å². The molecule has 1 fully saturated rings. The minimum atomic E-state index is -0.00474. The van der Waals surface area contributed by atoms with Crippen LogP contribution in [0.2, 0.25) is 0 Å². The minimum Gasteiger partial charge on any atom is -0.342 e. The van der Waals surface area contributed by atoms with Crippen LogP contribution in [0, 0.1) is 0 Å². The molecule has 3 nitrogen and oxygen atoms in total. The fourth-order valence-corrected chi connectivity index (χ4v) is 3.12. The van der Waals surface area contributed by atoms with Gasteiger partial charge in [0.1, 0.15) is 0 Å². The predicted molar refractivity (Wildman–Crippen MR) is 78.6 cm³/mol. The number of halogens is 1. The summed E-state index contributed by atoms with van der Waals surface area (Å²) in [6, 6.07) is 4.46. The van der Waals surface area contributed by atoms with E-state index in [1.54, 1.807) is 11.3 Å². The van der Waals surface area contributed by atoms with Gasteiger partial charge in [-0.15, -0.1) is 23.7 Å². The van der Waals surface area contributed by atoms with E-state index in [2.05, 4.69) is 5.32 Å². The Kier molecular flexibility index (Phi) is 6.12. The highest BCUT2D eigenvalue weighted by molar-refractivity contribution is 7.10. The Morgan fingerprint density at radius 3 is 2.72 bits per heavy atom. The molecular weight excluding hydrogens is 268 g/mol. The first-order valence-corrected chi connectivity index (χ1v) is 7.09. The highest BCUT2D eigenvalue weighted by Gasteiger charge is 2.26. The van der Waals surface area contributed by atoms with Crippen LogP contribution in [-0.4, -0.2) is 37.0 Å². The van der Waals surface area contributed by atoms with Crippen LogP contribution >= 0.6 is 23.7 Å². The molecule has 2 rings (SSSR count). The van der Waals surface area contributed by atoms with Gasteiger partial charge in [-0.1, -0.05) is 6.07 Å². The second kappa shape index (κ2) is 7.12. The first kappa shape index (κ1) is 15.5. The van der Waals surface area contributed by atoms with E-state index in [0.29, 0.717) is 6.04 Å². The van der Waals surface area contributed by atoms with Crippen molar-refractivity contribution in [3.8, 4) is 0 Å². The number of nitrogens with one attached hydrogen (secondary N) is 1. The first-order valence-electron chi connectivity index (χ1n) is 6.21. The number of nitrogens with zero attached hydrogens (tertiary/aromatic N) is 1. The molecule has 2 heterocycles. The molecule has 18 heavy (non-hydrogen) atoms. The molecule has 1 aliphatic rings. The zero-order chi connectivity index (χ0) is 12.3. The zero-order valence-corrected chi connectivity index (χ0v) is 12.5. The predicted octanol–water partition coefficient (Wildman–Crippen LogP) is 2.48. The highest BCUT2D eigenvalue weighted by Crippen LogP contribution is 2.24. The highest BCUT2D eigenvalue weighted by atomic mass is 35.5. The van der Waals surface area contributed by atoms with Crippen LogP contribution < -0.4 is 5.32 Å². The van der Waals surface area contributed by atoms with Crippen LogP contribution in [0.3, 0.4) is 0 Å². The average Bonchev–Trinajstić information content (AvgIpc) is 2.91. The number of hydrogen-bond acceptors (Lipinski definition) is 3. The molecule has 1 saturated heterocycles. The number of carbonyl (C=O) groups excluding carboxylic acids is 1. The van der Waals surface area contributed by atoms with Gasteiger partial charge < -0.3 is 10.2 Å². The van der Waals surface area contributed by atoms with E-state index in [0.717, 1.165) is 30.8 Å². The third kappa shape index (κ3) is 3.46. The van der Waals surface area contributed by atoms with Gasteiger partial charge in [-0.3, -0.25) is 4.79 Å². The normalized spacial score (nSPS) is 17.9. The zero-order valence-electron chi connectivity index (χ0n) is 10.9. The van der Waals surface area contributed by atoms with E-state index in [9.17, 15) is 4.79 Å². The third-order valence-electron chi connectivity index (χ3n) is 3.54. The van der Waals surface area contributed by atoms with E-state index >= 15 is 0 Å². The molecule has 1 N–H and O–H groups in total. The summed E-state index contributed by atoms with van der Waals surface area (Å²) in [4.78, 5) is 15.5. The van der Waals surface area contributed by atoms with E-state index in [1.165, 1.54) is 0 Å². The molecule has 1 aromatic rings. The molecule has 1 unspecified atom stereocenters. The van der Waals surface area contributed by atoms with Crippen molar-refractivity contribution < 1.29 is 4.79 Å². The van der Waals surface area contributed by atoms with Crippen LogP contribution in [0.5, 0.6) is 0 Å². The molecule has 1 aliphatic heterocycles. The monoisotopic (exact) mass is 288 g/mol. The average molecular weight is 289 g/mol. The summed E-state index contributed by atoms with van der Waals surface area (Å²) in [6.45, 7) is 4.05. The number of thiophene rings is 1. The van der Waals surface area contributed by atoms with Gasteiger partial charge in [0, 0.05) is 18.0 Å². The van der Waals surface area contributed by atoms with Crippen molar-refractivity contribution in [3.05, 3.63) is 22.4 Å². The molecule has 0 radical (unpaired) electrons. The SMILES string of the molecule is CC(C(=O)N(C)C1CCNCC1)c1cccs1.Cl. The van der Waals surface area contributed by atoms with Gasteiger partial charge in [0.25, 0.3) is 0 Å². The summed E-state index contributed by atoms with van der Waals surface area (Å²) in [5, 5.41) is 5.36. The van der Waals surface area contributed by atoms with Gasteiger partial charge in [0.2, 0.25) is 5.91 Å².